The van der Waals surface area contributed by atoms with Crippen LogP contribution in [0.15, 0.2) is 132 Å². The lowest BCUT2D eigenvalue weighted by Gasteiger charge is -2.32. The van der Waals surface area contributed by atoms with Crippen LogP contribution in [0.2, 0.25) is 0 Å². The normalized spacial score (nSPS) is 17.5. The predicted molar refractivity (Wildman–Crippen MR) is 150 cm³/mol. The topological polar surface area (TPSA) is 25.6 Å². The standard InChI is InChI=1S/C34H29NO2/c1-25-30-24-32(27-16-8-3-9-17-27)37-35(29-20-12-5-13-21-29)31(23-22-26-14-6-2-7-15-26)33(30)34(36-25)28-18-10-4-11-19-28/h2-23,31-32H,24H2,1H3/b23-22+/t31-,32-/m0/s1. The Kier molecular flexibility index (Phi) is 6.45. The van der Waals surface area contributed by atoms with Gasteiger partial charge in [0.25, 0.3) is 0 Å². The van der Waals surface area contributed by atoms with Gasteiger partial charge in [0, 0.05) is 23.1 Å². The monoisotopic (exact) mass is 483 g/mol. The molecular formula is C34H29NO2. The summed E-state index contributed by atoms with van der Waals surface area (Å²) in [5.74, 6) is 1.83. The Morgan fingerprint density at radius 3 is 2.00 bits per heavy atom. The van der Waals surface area contributed by atoms with Gasteiger partial charge in [-0.15, -0.1) is 0 Å². The minimum absolute atomic E-state index is 0.157. The highest BCUT2D eigenvalue weighted by atomic mass is 16.7. The third-order valence-corrected chi connectivity index (χ3v) is 6.92. The summed E-state index contributed by atoms with van der Waals surface area (Å²) in [7, 11) is 0. The van der Waals surface area contributed by atoms with E-state index in [1.54, 1.807) is 0 Å². The lowest BCUT2D eigenvalue weighted by atomic mass is 9.92. The second-order valence-corrected chi connectivity index (χ2v) is 9.33. The zero-order valence-corrected chi connectivity index (χ0v) is 20.8. The molecule has 0 N–H and O–H groups in total. The highest BCUT2D eigenvalue weighted by Crippen LogP contribution is 2.46. The zero-order valence-electron chi connectivity index (χ0n) is 20.8. The molecule has 0 fully saturated rings. The molecule has 37 heavy (non-hydrogen) atoms. The number of hydrogen-bond acceptors (Lipinski definition) is 3. The van der Waals surface area contributed by atoms with Crippen molar-refractivity contribution in [2.24, 2.45) is 0 Å². The lowest BCUT2D eigenvalue weighted by Crippen LogP contribution is -2.28. The van der Waals surface area contributed by atoms with Crippen molar-refractivity contribution >= 4 is 11.8 Å². The first-order valence-corrected chi connectivity index (χ1v) is 12.7. The van der Waals surface area contributed by atoms with Gasteiger partial charge in [0.1, 0.15) is 23.7 Å². The fraction of sp³-hybridized carbons (Fsp3) is 0.118. The van der Waals surface area contributed by atoms with Gasteiger partial charge in [-0.25, -0.2) is 5.06 Å². The van der Waals surface area contributed by atoms with Crippen molar-refractivity contribution in [1.29, 1.82) is 0 Å². The average Bonchev–Trinajstić information content (AvgIpc) is 3.18. The molecule has 3 heteroatoms. The summed E-state index contributed by atoms with van der Waals surface area (Å²) in [6, 6.07) is 41.4. The van der Waals surface area contributed by atoms with Crippen molar-refractivity contribution in [1.82, 2.24) is 0 Å². The number of aryl methyl sites for hydroxylation is 1. The summed E-state index contributed by atoms with van der Waals surface area (Å²) in [6.45, 7) is 2.07. The Labute approximate surface area is 218 Å². The number of rotatable bonds is 5. The Morgan fingerprint density at radius 2 is 1.32 bits per heavy atom. The van der Waals surface area contributed by atoms with Gasteiger partial charge in [-0.05, 0) is 30.2 Å². The zero-order chi connectivity index (χ0) is 25.0. The van der Waals surface area contributed by atoms with Crippen LogP contribution in [-0.2, 0) is 11.3 Å². The van der Waals surface area contributed by atoms with Crippen molar-refractivity contribution in [2.75, 3.05) is 5.06 Å². The minimum atomic E-state index is -0.195. The van der Waals surface area contributed by atoms with Crippen molar-refractivity contribution in [3.8, 4) is 11.3 Å². The summed E-state index contributed by atoms with van der Waals surface area (Å²) < 4.78 is 6.54. The summed E-state index contributed by atoms with van der Waals surface area (Å²) in [5, 5.41) is 2.06. The van der Waals surface area contributed by atoms with E-state index in [9.17, 15) is 0 Å². The molecule has 1 aliphatic rings. The van der Waals surface area contributed by atoms with Crippen molar-refractivity contribution in [3.63, 3.8) is 0 Å². The van der Waals surface area contributed by atoms with Crippen LogP contribution < -0.4 is 5.06 Å². The van der Waals surface area contributed by atoms with E-state index in [0.717, 1.165) is 45.9 Å². The molecule has 0 saturated carbocycles. The van der Waals surface area contributed by atoms with E-state index in [1.165, 1.54) is 5.56 Å². The van der Waals surface area contributed by atoms with Gasteiger partial charge in [0.05, 0.1) is 5.69 Å². The molecule has 0 bridgehead atoms. The number of anilines is 1. The summed E-state index contributed by atoms with van der Waals surface area (Å²) in [4.78, 5) is 6.91. The molecule has 0 amide bonds. The fourth-order valence-electron chi connectivity index (χ4n) is 5.09. The first-order chi connectivity index (χ1) is 18.3. The van der Waals surface area contributed by atoms with Crippen LogP contribution in [-0.4, -0.2) is 0 Å². The van der Waals surface area contributed by atoms with Crippen LogP contribution in [0.25, 0.3) is 17.4 Å². The van der Waals surface area contributed by atoms with Crippen molar-refractivity contribution in [3.05, 3.63) is 155 Å². The SMILES string of the molecule is Cc1oc(-c2ccccc2)c2c1C[C@@H](c1ccccc1)ON(c1ccccc1)[C@H]2/C=C/c1ccccc1. The van der Waals surface area contributed by atoms with E-state index < -0.39 is 0 Å². The van der Waals surface area contributed by atoms with Gasteiger partial charge in [0.2, 0.25) is 0 Å². The van der Waals surface area contributed by atoms with E-state index in [4.69, 9.17) is 9.25 Å². The summed E-state index contributed by atoms with van der Waals surface area (Å²) >= 11 is 0. The molecule has 2 heterocycles. The molecule has 0 aliphatic carbocycles. The van der Waals surface area contributed by atoms with Gasteiger partial charge >= 0.3 is 0 Å². The highest BCUT2D eigenvalue weighted by molar-refractivity contribution is 5.68. The Hall–Kier alpha value is -4.34. The molecule has 3 nitrogen and oxygen atoms in total. The van der Waals surface area contributed by atoms with Crippen LogP contribution in [0.3, 0.4) is 0 Å². The van der Waals surface area contributed by atoms with E-state index in [2.05, 4.69) is 121 Å². The van der Waals surface area contributed by atoms with Crippen LogP contribution in [0.1, 0.15) is 40.2 Å². The second-order valence-electron chi connectivity index (χ2n) is 9.33. The molecule has 1 aromatic heterocycles. The van der Waals surface area contributed by atoms with E-state index in [1.807, 2.05) is 24.3 Å². The molecule has 4 aromatic carbocycles. The van der Waals surface area contributed by atoms with Gasteiger partial charge in [0.15, 0.2) is 0 Å². The molecule has 0 unspecified atom stereocenters. The third kappa shape index (κ3) is 4.74. The molecule has 1 aliphatic heterocycles. The Balaban J connectivity index is 1.57. The van der Waals surface area contributed by atoms with Crippen LogP contribution >= 0.6 is 0 Å². The Bertz CT molecular complexity index is 1470. The quantitative estimate of drug-likeness (QED) is 0.250. The van der Waals surface area contributed by atoms with Gasteiger partial charge in [-0.3, -0.25) is 4.84 Å². The molecule has 0 radical (unpaired) electrons. The molecule has 6 rings (SSSR count). The fourth-order valence-corrected chi connectivity index (χ4v) is 5.09. The van der Waals surface area contributed by atoms with Crippen LogP contribution in [0.4, 0.5) is 5.69 Å². The van der Waals surface area contributed by atoms with Crippen molar-refractivity contribution in [2.45, 2.75) is 25.5 Å². The van der Waals surface area contributed by atoms with E-state index in [0.29, 0.717) is 0 Å². The average molecular weight is 484 g/mol. The van der Waals surface area contributed by atoms with E-state index in [-0.39, 0.29) is 12.1 Å². The van der Waals surface area contributed by atoms with Gasteiger partial charge < -0.3 is 4.42 Å². The van der Waals surface area contributed by atoms with Gasteiger partial charge in [-0.1, -0.05) is 121 Å². The predicted octanol–water partition coefficient (Wildman–Crippen LogP) is 8.75. The molecule has 2 atom stereocenters. The summed E-state index contributed by atoms with van der Waals surface area (Å²) in [5.41, 5.74) is 6.70. The smallest absolute Gasteiger partial charge is 0.140 e. The number of para-hydroxylation sites is 1. The number of furan rings is 1. The minimum Gasteiger partial charge on any atom is -0.461 e. The van der Waals surface area contributed by atoms with Crippen LogP contribution in [0, 0.1) is 6.92 Å². The largest absolute Gasteiger partial charge is 0.461 e. The van der Waals surface area contributed by atoms with Crippen LogP contribution in [0.5, 0.6) is 0 Å². The number of nitrogens with zero attached hydrogens (tertiary/aromatic N) is 1. The third-order valence-electron chi connectivity index (χ3n) is 6.92. The molecular weight excluding hydrogens is 454 g/mol. The molecule has 0 spiro atoms. The van der Waals surface area contributed by atoms with Crippen molar-refractivity contribution < 1.29 is 9.25 Å². The number of hydrogen-bond donors (Lipinski definition) is 0. The first-order valence-electron chi connectivity index (χ1n) is 12.7. The number of hydroxylamine groups is 1. The maximum absolute atomic E-state index is 6.91. The summed E-state index contributed by atoms with van der Waals surface area (Å²) in [6.07, 6.45) is 4.97. The molecule has 182 valence electrons. The molecule has 0 saturated heterocycles. The molecule has 5 aromatic rings. The lowest BCUT2D eigenvalue weighted by molar-refractivity contribution is 0.0271. The Morgan fingerprint density at radius 1 is 0.730 bits per heavy atom. The maximum atomic E-state index is 6.91. The number of fused-ring (bicyclic) bond motifs is 1. The number of benzene rings is 4. The first kappa shape index (κ1) is 23.1. The van der Waals surface area contributed by atoms with E-state index >= 15 is 0 Å². The van der Waals surface area contributed by atoms with Gasteiger partial charge in [-0.2, -0.15) is 0 Å². The second kappa shape index (κ2) is 10.3. The highest BCUT2D eigenvalue weighted by Gasteiger charge is 2.36. The maximum Gasteiger partial charge on any atom is 0.140 e.